The van der Waals surface area contributed by atoms with E-state index in [-0.39, 0.29) is 6.04 Å². The van der Waals surface area contributed by atoms with Crippen LogP contribution in [0.25, 0.3) is 0 Å². The molecule has 2 unspecified atom stereocenters. The maximum absolute atomic E-state index is 5.84. The highest BCUT2D eigenvalue weighted by Crippen LogP contribution is 2.27. The second-order valence-electron chi connectivity index (χ2n) is 5.21. The van der Waals surface area contributed by atoms with Crippen LogP contribution >= 0.6 is 0 Å². The van der Waals surface area contributed by atoms with Crippen LogP contribution in [-0.2, 0) is 6.42 Å². The third-order valence-corrected chi connectivity index (χ3v) is 4.00. The highest BCUT2D eigenvalue weighted by molar-refractivity contribution is 5.34. The van der Waals surface area contributed by atoms with Crippen molar-refractivity contribution in [3.8, 4) is 5.75 Å². The Morgan fingerprint density at radius 2 is 1.71 bits per heavy atom. The number of benzene rings is 2. The minimum absolute atomic E-state index is 0.175. The summed E-state index contributed by atoms with van der Waals surface area (Å²) in [6.45, 7) is 2.20. The van der Waals surface area contributed by atoms with Gasteiger partial charge in [-0.3, -0.25) is 11.3 Å². The van der Waals surface area contributed by atoms with E-state index in [2.05, 4.69) is 42.7 Å². The first-order valence-electron chi connectivity index (χ1n) is 7.43. The topological polar surface area (TPSA) is 47.3 Å². The van der Waals surface area contributed by atoms with Crippen molar-refractivity contribution in [1.29, 1.82) is 0 Å². The van der Waals surface area contributed by atoms with Gasteiger partial charge in [0.05, 0.1) is 7.11 Å². The summed E-state index contributed by atoms with van der Waals surface area (Å²) in [5.74, 6) is 7.13. The highest BCUT2D eigenvalue weighted by atomic mass is 16.5. The molecular weight excluding hydrogens is 260 g/mol. The molecule has 0 aliphatic rings. The van der Waals surface area contributed by atoms with Crippen LogP contribution < -0.4 is 16.0 Å². The van der Waals surface area contributed by atoms with E-state index < -0.39 is 0 Å². The summed E-state index contributed by atoms with van der Waals surface area (Å²) in [6, 6.07) is 18.8. The number of rotatable bonds is 7. The minimum Gasteiger partial charge on any atom is -0.496 e. The fourth-order valence-electron chi connectivity index (χ4n) is 2.88. The van der Waals surface area contributed by atoms with Gasteiger partial charge in [0.2, 0.25) is 0 Å². The Hall–Kier alpha value is -1.84. The number of para-hydroxylation sites is 1. The van der Waals surface area contributed by atoms with Crippen molar-refractivity contribution in [2.75, 3.05) is 7.11 Å². The normalized spacial score (nSPS) is 13.7. The molecule has 0 fully saturated rings. The summed E-state index contributed by atoms with van der Waals surface area (Å²) in [4.78, 5) is 0. The van der Waals surface area contributed by atoms with Crippen molar-refractivity contribution < 1.29 is 4.74 Å². The Balaban J connectivity index is 2.22. The molecule has 112 valence electrons. The lowest BCUT2D eigenvalue weighted by atomic mass is 9.86. The molecular formula is C18H24N2O. The predicted molar refractivity (Wildman–Crippen MR) is 87.3 cm³/mol. The number of methoxy groups -OCH3 is 1. The first kappa shape index (κ1) is 15.5. The number of nitrogens with two attached hydrogens (primary N) is 1. The van der Waals surface area contributed by atoms with E-state index in [9.17, 15) is 0 Å². The van der Waals surface area contributed by atoms with Gasteiger partial charge in [-0.05, 0) is 30.0 Å². The van der Waals surface area contributed by atoms with Crippen LogP contribution in [0.5, 0.6) is 5.75 Å². The van der Waals surface area contributed by atoms with E-state index in [4.69, 9.17) is 10.6 Å². The molecule has 0 amide bonds. The molecule has 2 atom stereocenters. The number of hydrogen-bond acceptors (Lipinski definition) is 3. The summed E-state index contributed by atoms with van der Waals surface area (Å²) in [7, 11) is 1.71. The molecule has 2 aromatic rings. The van der Waals surface area contributed by atoms with Crippen molar-refractivity contribution in [1.82, 2.24) is 5.43 Å². The molecule has 0 radical (unpaired) electrons. The second-order valence-corrected chi connectivity index (χ2v) is 5.21. The van der Waals surface area contributed by atoms with E-state index in [1.165, 1.54) is 11.1 Å². The van der Waals surface area contributed by atoms with E-state index >= 15 is 0 Å². The smallest absolute Gasteiger partial charge is 0.122 e. The molecule has 0 aliphatic carbocycles. The molecule has 0 heterocycles. The molecule has 3 heteroatoms. The van der Waals surface area contributed by atoms with Crippen molar-refractivity contribution >= 4 is 0 Å². The number of hydrogen-bond donors (Lipinski definition) is 2. The molecule has 21 heavy (non-hydrogen) atoms. The van der Waals surface area contributed by atoms with Gasteiger partial charge >= 0.3 is 0 Å². The fraction of sp³-hybridized carbons (Fsp3) is 0.333. The van der Waals surface area contributed by atoms with Crippen LogP contribution in [0.15, 0.2) is 54.6 Å². The van der Waals surface area contributed by atoms with Crippen molar-refractivity contribution in [2.24, 2.45) is 5.84 Å². The molecule has 0 saturated carbocycles. The largest absolute Gasteiger partial charge is 0.496 e. The molecule has 3 nitrogen and oxygen atoms in total. The fourth-order valence-corrected chi connectivity index (χ4v) is 2.88. The van der Waals surface area contributed by atoms with Gasteiger partial charge in [-0.15, -0.1) is 0 Å². The zero-order chi connectivity index (χ0) is 15.1. The first-order chi connectivity index (χ1) is 10.3. The molecule has 3 N–H and O–H groups in total. The van der Waals surface area contributed by atoms with E-state index in [1.807, 2.05) is 24.3 Å². The summed E-state index contributed by atoms with van der Waals surface area (Å²) >= 11 is 0. The lowest BCUT2D eigenvalue weighted by Gasteiger charge is -2.26. The molecule has 2 aromatic carbocycles. The van der Waals surface area contributed by atoms with Crippen LogP contribution in [0.1, 0.15) is 30.4 Å². The monoisotopic (exact) mass is 284 g/mol. The summed E-state index contributed by atoms with van der Waals surface area (Å²) in [5.41, 5.74) is 5.49. The average molecular weight is 284 g/mol. The quantitative estimate of drug-likeness (QED) is 0.606. The third-order valence-electron chi connectivity index (χ3n) is 4.00. The first-order valence-corrected chi connectivity index (χ1v) is 7.43. The summed E-state index contributed by atoms with van der Waals surface area (Å²) in [6.07, 6.45) is 1.88. The molecule has 0 bridgehead atoms. The van der Waals surface area contributed by atoms with Gasteiger partial charge in [0.25, 0.3) is 0 Å². The van der Waals surface area contributed by atoms with Gasteiger partial charge in [0, 0.05) is 12.0 Å². The van der Waals surface area contributed by atoms with Crippen molar-refractivity contribution in [3.05, 3.63) is 65.7 Å². The Morgan fingerprint density at radius 1 is 1.05 bits per heavy atom. The number of hydrazine groups is 1. The lowest BCUT2D eigenvalue weighted by Crippen LogP contribution is -2.41. The lowest BCUT2D eigenvalue weighted by molar-refractivity contribution is 0.392. The van der Waals surface area contributed by atoms with Crippen LogP contribution in [-0.4, -0.2) is 13.2 Å². The summed E-state index contributed by atoms with van der Waals surface area (Å²) in [5, 5.41) is 0. The van der Waals surface area contributed by atoms with Crippen molar-refractivity contribution in [3.63, 3.8) is 0 Å². The predicted octanol–water partition coefficient (Wildman–Crippen LogP) is 3.26. The van der Waals surface area contributed by atoms with Crippen LogP contribution in [0.3, 0.4) is 0 Å². The number of nitrogens with one attached hydrogen (secondary N) is 1. The summed E-state index contributed by atoms with van der Waals surface area (Å²) < 4.78 is 5.44. The van der Waals surface area contributed by atoms with E-state index in [0.29, 0.717) is 5.92 Å². The molecule has 2 rings (SSSR count). The highest BCUT2D eigenvalue weighted by Gasteiger charge is 2.22. The van der Waals surface area contributed by atoms with Gasteiger partial charge in [0.15, 0.2) is 0 Å². The maximum Gasteiger partial charge on any atom is 0.122 e. The van der Waals surface area contributed by atoms with Crippen LogP contribution in [0, 0.1) is 0 Å². The average Bonchev–Trinajstić information content (AvgIpc) is 2.56. The third kappa shape index (κ3) is 3.84. The second kappa shape index (κ2) is 7.81. The minimum atomic E-state index is 0.175. The van der Waals surface area contributed by atoms with Crippen LogP contribution in [0.2, 0.25) is 0 Å². The van der Waals surface area contributed by atoms with E-state index in [1.54, 1.807) is 7.11 Å². The van der Waals surface area contributed by atoms with E-state index in [0.717, 1.165) is 18.6 Å². The number of ether oxygens (including phenoxy) is 1. The SMILES string of the molecule is CCC(c1ccccc1)C(Cc1ccccc1OC)NN. The molecule has 0 aromatic heterocycles. The van der Waals surface area contributed by atoms with Gasteiger partial charge in [-0.2, -0.15) is 0 Å². The standard InChI is InChI=1S/C18H24N2O/c1-3-16(14-9-5-4-6-10-14)17(20-19)13-15-11-7-8-12-18(15)21-2/h4-12,16-17,20H,3,13,19H2,1-2H3. The molecule has 0 spiro atoms. The van der Waals surface area contributed by atoms with Crippen molar-refractivity contribution in [2.45, 2.75) is 31.7 Å². The zero-order valence-electron chi connectivity index (χ0n) is 12.8. The molecule has 0 saturated heterocycles. The maximum atomic E-state index is 5.84. The molecule has 0 aliphatic heterocycles. The van der Waals surface area contributed by atoms with Gasteiger partial charge in [-0.25, -0.2) is 0 Å². The van der Waals surface area contributed by atoms with Gasteiger partial charge in [0.1, 0.15) is 5.75 Å². The Labute approximate surface area is 127 Å². The van der Waals surface area contributed by atoms with Gasteiger partial charge in [-0.1, -0.05) is 55.5 Å². The van der Waals surface area contributed by atoms with Gasteiger partial charge < -0.3 is 4.74 Å². The zero-order valence-corrected chi connectivity index (χ0v) is 12.8. The Kier molecular flexibility index (Phi) is 5.78. The van der Waals surface area contributed by atoms with Crippen LogP contribution in [0.4, 0.5) is 0 Å². The Bertz CT molecular complexity index is 542. The Morgan fingerprint density at radius 3 is 2.33 bits per heavy atom.